The predicted octanol–water partition coefficient (Wildman–Crippen LogP) is 3.02. The van der Waals surface area contributed by atoms with Crippen LogP contribution >= 0.6 is 0 Å². The van der Waals surface area contributed by atoms with E-state index in [0.717, 1.165) is 22.3 Å². The lowest BCUT2D eigenvalue weighted by Gasteiger charge is -2.23. The molecular weight excluding hydrogens is 320 g/mol. The Morgan fingerprint density at radius 2 is 1.68 bits per heavy atom. The minimum Gasteiger partial charge on any atom is -0.465 e. The molecule has 0 amide bonds. The van der Waals surface area contributed by atoms with Crippen LogP contribution in [0.2, 0.25) is 0 Å². The van der Waals surface area contributed by atoms with Crippen molar-refractivity contribution >= 4 is 18.0 Å². The van der Waals surface area contributed by atoms with E-state index in [1.807, 2.05) is 30.3 Å². The number of allylic oxidation sites excluding steroid dienone is 2. The van der Waals surface area contributed by atoms with Gasteiger partial charge in [0.05, 0.1) is 19.8 Å². The molecule has 1 aliphatic carbocycles. The SMILES string of the molecule is C=C1CC(C(=O)OCC)(C(=O)OCC)C/C1=C/c1ccc(CO)cc1. The van der Waals surface area contributed by atoms with Gasteiger partial charge in [-0.3, -0.25) is 9.59 Å². The number of aliphatic hydroxyl groups excluding tert-OH is 1. The zero-order valence-corrected chi connectivity index (χ0v) is 14.7. The summed E-state index contributed by atoms with van der Waals surface area (Å²) in [6, 6.07) is 7.41. The highest BCUT2D eigenvalue weighted by Crippen LogP contribution is 2.47. The van der Waals surface area contributed by atoms with Crippen LogP contribution < -0.4 is 0 Å². The minimum atomic E-state index is -1.35. The molecule has 0 saturated heterocycles. The number of hydrogen-bond acceptors (Lipinski definition) is 5. The highest BCUT2D eigenvalue weighted by atomic mass is 16.6. The highest BCUT2D eigenvalue weighted by Gasteiger charge is 2.53. The van der Waals surface area contributed by atoms with Crippen LogP contribution in [0.25, 0.3) is 6.08 Å². The van der Waals surface area contributed by atoms with E-state index in [4.69, 9.17) is 14.6 Å². The maximum absolute atomic E-state index is 12.5. The second-order valence-corrected chi connectivity index (χ2v) is 6.05. The fourth-order valence-corrected chi connectivity index (χ4v) is 2.97. The number of esters is 2. The normalized spacial score (nSPS) is 17.6. The second kappa shape index (κ2) is 8.12. The number of aliphatic hydroxyl groups is 1. The maximum atomic E-state index is 12.5. The molecule has 0 spiro atoms. The van der Waals surface area contributed by atoms with Crippen LogP contribution in [-0.4, -0.2) is 30.3 Å². The fraction of sp³-hybridized carbons (Fsp3) is 0.400. The standard InChI is InChI=1S/C20H24O5/c1-4-24-18(22)20(19(23)25-5-2)11-14(3)17(12-20)10-15-6-8-16(13-21)9-7-15/h6-10,21H,3-5,11-13H2,1-2H3/b17-10-. The van der Waals surface area contributed by atoms with Crippen LogP contribution in [0.15, 0.2) is 42.0 Å². The van der Waals surface area contributed by atoms with Gasteiger partial charge in [-0.25, -0.2) is 0 Å². The van der Waals surface area contributed by atoms with Gasteiger partial charge >= 0.3 is 11.9 Å². The topological polar surface area (TPSA) is 72.8 Å². The van der Waals surface area contributed by atoms with Crippen LogP contribution in [0.1, 0.15) is 37.8 Å². The van der Waals surface area contributed by atoms with E-state index >= 15 is 0 Å². The molecule has 0 bridgehead atoms. The summed E-state index contributed by atoms with van der Waals surface area (Å²) in [5.74, 6) is -1.12. The van der Waals surface area contributed by atoms with Gasteiger partial charge in [0, 0.05) is 0 Å². The van der Waals surface area contributed by atoms with Crippen molar-refractivity contribution < 1.29 is 24.2 Å². The van der Waals surface area contributed by atoms with Crippen LogP contribution in [0.4, 0.5) is 0 Å². The Balaban J connectivity index is 2.33. The van der Waals surface area contributed by atoms with Crippen LogP contribution in [0, 0.1) is 5.41 Å². The van der Waals surface area contributed by atoms with Gasteiger partial charge in [-0.2, -0.15) is 0 Å². The van der Waals surface area contributed by atoms with E-state index in [2.05, 4.69) is 6.58 Å². The van der Waals surface area contributed by atoms with Gasteiger partial charge in [-0.05, 0) is 43.4 Å². The van der Waals surface area contributed by atoms with Gasteiger partial charge in [0.15, 0.2) is 5.41 Å². The molecule has 0 aliphatic heterocycles. The van der Waals surface area contributed by atoms with Crippen molar-refractivity contribution in [1.29, 1.82) is 0 Å². The third-order valence-corrected chi connectivity index (χ3v) is 4.30. The van der Waals surface area contributed by atoms with Crippen LogP contribution in [0.5, 0.6) is 0 Å². The van der Waals surface area contributed by atoms with Crippen molar-refractivity contribution in [3.05, 3.63) is 53.1 Å². The first-order valence-corrected chi connectivity index (χ1v) is 8.39. The summed E-state index contributed by atoms with van der Waals surface area (Å²) in [4.78, 5) is 25.0. The Hall–Kier alpha value is -2.40. The minimum absolute atomic E-state index is 0.0155. The summed E-state index contributed by atoms with van der Waals surface area (Å²) >= 11 is 0. The van der Waals surface area contributed by atoms with Gasteiger partial charge in [0.1, 0.15) is 0 Å². The molecule has 0 aromatic heterocycles. The van der Waals surface area contributed by atoms with E-state index in [1.54, 1.807) is 13.8 Å². The molecular formula is C20H24O5. The summed E-state index contributed by atoms with van der Waals surface area (Å²) < 4.78 is 10.3. The second-order valence-electron chi connectivity index (χ2n) is 6.05. The van der Waals surface area contributed by atoms with E-state index in [-0.39, 0.29) is 32.7 Å². The van der Waals surface area contributed by atoms with Crippen molar-refractivity contribution in [3.8, 4) is 0 Å². The van der Waals surface area contributed by atoms with Crippen molar-refractivity contribution in [3.63, 3.8) is 0 Å². The fourth-order valence-electron chi connectivity index (χ4n) is 2.97. The summed E-state index contributed by atoms with van der Waals surface area (Å²) in [7, 11) is 0. The molecule has 0 atom stereocenters. The van der Waals surface area contributed by atoms with Crippen LogP contribution in [0.3, 0.4) is 0 Å². The third-order valence-electron chi connectivity index (χ3n) is 4.30. The predicted molar refractivity (Wildman–Crippen MR) is 94.4 cm³/mol. The number of ether oxygens (including phenoxy) is 2. The van der Waals surface area contributed by atoms with Crippen molar-refractivity contribution in [2.24, 2.45) is 5.41 Å². The molecule has 0 heterocycles. The van der Waals surface area contributed by atoms with Crippen LogP contribution in [-0.2, 0) is 25.7 Å². The van der Waals surface area contributed by atoms with Gasteiger partial charge < -0.3 is 14.6 Å². The Kier molecular flexibility index (Phi) is 6.15. The summed E-state index contributed by atoms with van der Waals surface area (Å²) in [6.07, 6.45) is 2.32. The molecule has 134 valence electrons. The molecule has 0 radical (unpaired) electrons. The highest BCUT2D eigenvalue weighted by molar-refractivity contribution is 6.02. The first kappa shape index (κ1) is 18.9. The lowest BCUT2D eigenvalue weighted by molar-refractivity contribution is -0.171. The molecule has 1 aromatic carbocycles. The molecule has 1 fully saturated rings. The summed E-state index contributed by atoms with van der Waals surface area (Å²) in [5, 5.41) is 9.11. The molecule has 1 aromatic rings. The summed E-state index contributed by atoms with van der Waals surface area (Å²) in [5.41, 5.74) is 1.95. The number of hydrogen-bond donors (Lipinski definition) is 1. The average Bonchev–Trinajstić information content (AvgIpc) is 2.94. The Morgan fingerprint density at radius 1 is 1.12 bits per heavy atom. The molecule has 25 heavy (non-hydrogen) atoms. The molecule has 5 nitrogen and oxygen atoms in total. The van der Waals surface area contributed by atoms with Gasteiger partial charge in [-0.15, -0.1) is 0 Å². The first-order chi connectivity index (χ1) is 12.0. The number of carbonyl (C=O) groups excluding carboxylic acids is 2. The van der Waals surface area contributed by atoms with E-state index in [9.17, 15) is 9.59 Å². The third kappa shape index (κ3) is 3.99. The molecule has 2 rings (SSSR count). The zero-order valence-electron chi connectivity index (χ0n) is 14.7. The smallest absolute Gasteiger partial charge is 0.324 e. The van der Waals surface area contributed by atoms with Gasteiger partial charge in [-0.1, -0.05) is 42.5 Å². The molecule has 1 N–H and O–H groups in total. The van der Waals surface area contributed by atoms with E-state index < -0.39 is 17.4 Å². The summed E-state index contributed by atoms with van der Waals surface area (Å²) in [6.45, 7) is 7.83. The zero-order chi connectivity index (χ0) is 18.4. The molecule has 5 heteroatoms. The van der Waals surface area contributed by atoms with E-state index in [1.165, 1.54) is 0 Å². The Labute approximate surface area is 147 Å². The molecule has 0 unspecified atom stereocenters. The number of carbonyl (C=O) groups is 2. The maximum Gasteiger partial charge on any atom is 0.324 e. The van der Waals surface area contributed by atoms with Crippen molar-refractivity contribution in [1.82, 2.24) is 0 Å². The van der Waals surface area contributed by atoms with Gasteiger partial charge in [0.2, 0.25) is 0 Å². The monoisotopic (exact) mass is 344 g/mol. The lowest BCUT2D eigenvalue weighted by Crippen LogP contribution is -2.39. The first-order valence-electron chi connectivity index (χ1n) is 8.39. The number of rotatable bonds is 6. The average molecular weight is 344 g/mol. The number of benzene rings is 1. The van der Waals surface area contributed by atoms with Crippen molar-refractivity contribution in [2.75, 3.05) is 13.2 Å². The Morgan fingerprint density at radius 3 is 2.16 bits per heavy atom. The van der Waals surface area contributed by atoms with E-state index in [0.29, 0.717) is 0 Å². The lowest BCUT2D eigenvalue weighted by atomic mass is 9.85. The Bertz CT molecular complexity index is 667. The largest absolute Gasteiger partial charge is 0.465 e. The quantitative estimate of drug-likeness (QED) is 0.634. The molecule has 1 saturated carbocycles. The molecule has 1 aliphatic rings. The van der Waals surface area contributed by atoms with Crippen molar-refractivity contribution in [2.45, 2.75) is 33.3 Å². The van der Waals surface area contributed by atoms with Gasteiger partial charge in [0.25, 0.3) is 0 Å².